The van der Waals surface area contributed by atoms with Gasteiger partial charge in [0.2, 0.25) is 0 Å². The first kappa shape index (κ1) is 7.25. The Hall–Kier alpha value is -0.863. The smallest absolute Gasteiger partial charge is 0.180 e. The summed E-state index contributed by atoms with van der Waals surface area (Å²) in [6, 6.07) is 9.98. The molecule has 0 aromatic heterocycles. The predicted molar refractivity (Wildman–Crippen MR) is 46.2 cm³/mol. The van der Waals surface area contributed by atoms with Gasteiger partial charge in [-0.3, -0.25) is 0 Å². The zero-order valence-electron chi connectivity index (χ0n) is 5.70. The van der Waals surface area contributed by atoms with Gasteiger partial charge in [0.05, 0.1) is 0 Å². The van der Waals surface area contributed by atoms with Gasteiger partial charge in [-0.05, 0) is 5.56 Å². The van der Waals surface area contributed by atoms with Gasteiger partial charge in [-0.2, -0.15) is 0 Å². The zero-order chi connectivity index (χ0) is 7.23. The molecule has 0 amide bonds. The lowest BCUT2D eigenvalue weighted by molar-refractivity contribution is 0.615. The average molecular weight is 150 g/mol. The van der Waals surface area contributed by atoms with Gasteiger partial charge in [0, 0.05) is 0 Å². The van der Waals surface area contributed by atoms with Crippen molar-refractivity contribution in [2.45, 2.75) is 0 Å². The lowest BCUT2D eigenvalue weighted by atomic mass is 10.2. The van der Waals surface area contributed by atoms with Gasteiger partial charge >= 0.3 is 0 Å². The van der Waals surface area contributed by atoms with E-state index in [0.717, 1.165) is 5.56 Å². The van der Waals surface area contributed by atoms with Crippen LogP contribution in [-0.4, -0.2) is 14.6 Å². The first-order chi connectivity index (χ1) is 4.93. The lowest BCUT2D eigenvalue weighted by Crippen LogP contribution is -1.77. The summed E-state index contributed by atoms with van der Waals surface area (Å²) in [5.41, 5.74) is 3.01. The fourth-order valence-corrected chi connectivity index (χ4v) is 1.13. The van der Waals surface area contributed by atoms with Crippen LogP contribution in [-0.2, 0) is 0 Å². The normalized spacial score (nSPS) is 11.7. The summed E-state index contributed by atoms with van der Waals surface area (Å²) in [4.78, 5) is 8.58. The molecular weight excluding hydrogens is 140 g/mol. The molecule has 52 valence electrons. The summed E-state index contributed by atoms with van der Waals surface area (Å²) in [5.74, 6) is 0. The van der Waals surface area contributed by atoms with Crippen LogP contribution in [0.1, 0.15) is 5.56 Å². The van der Waals surface area contributed by atoms with Crippen molar-refractivity contribution in [1.82, 2.24) is 0 Å². The van der Waals surface area contributed by atoms with Crippen molar-refractivity contribution in [1.29, 1.82) is 0 Å². The van der Waals surface area contributed by atoms with Crippen LogP contribution in [0.3, 0.4) is 0 Å². The number of rotatable bonds is 2. The molecule has 1 N–H and O–H groups in total. The lowest BCUT2D eigenvalue weighted by Gasteiger charge is -1.88. The standard InChI is InChI=1S/C8H10OSi/c9-10-7-6-8-4-2-1-3-5-8/h1-7,9H,10H2/b7-6-. The molecule has 0 bridgehead atoms. The van der Waals surface area contributed by atoms with E-state index >= 15 is 0 Å². The molecule has 0 aliphatic rings. The molecule has 0 atom stereocenters. The van der Waals surface area contributed by atoms with Crippen LogP contribution in [0.4, 0.5) is 0 Å². The summed E-state index contributed by atoms with van der Waals surface area (Å²) in [6.45, 7) is 0. The van der Waals surface area contributed by atoms with E-state index in [2.05, 4.69) is 0 Å². The van der Waals surface area contributed by atoms with Crippen molar-refractivity contribution in [3.05, 3.63) is 41.6 Å². The van der Waals surface area contributed by atoms with Crippen molar-refractivity contribution in [3.8, 4) is 0 Å². The Kier molecular flexibility index (Phi) is 2.92. The maximum Gasteiger partial charge on any atom is 0.180 e. The van der Waals surface area contributed by atoms with Gasteiger partial charge in [0.25, 0.3) is 0 Å². The van der Waals surface area contributed by atoms with Crippen LogP contribution >= 0.6 is 0 Å². The minimum absolute atomic E-state index is 0.910. The first-order valence-corrected chi connectivity index (χ1v) is 4.71. The van der Waals surface area contributed by atoms with Crippen molar-refractivity contribution >= 4 is 15.8 Å². The second kappa shape index (κ2) is 4.03. The molecule has 2 heteroatoms. The maximum atomic E-state index is 8.58. The first-order valence-electron chi connectivity index (χ1n) is 3.26. The van der Waals surface area contributed by atoms with Crippen LogP contribution in [0.25, 0.3) is 6.08 Å². The van der Waals surface area contributed by atoms with Gasteiger partial charge in [-0.1, -0.05) is 42.1 Å². The highest BCUT2D eigenvalue weighted by Gasteiger charge is 1.79. The monoisotopic (exact) mass is 150 g/mol. The summed E-state index contributed by atoms with van der Waals surface area (Å²) in [5, 5.41) is 0. The van der Waals surface area contributed by atoms with Crippen molar-refractivity contribution in [3.63, 3.8) is 0 Å². The quantitative estimate of drug-likeness (QED) is 0.616. The second-order valence-electron chi connectivity index (χ2n) is 2.00. The Balaban J connectivity index is 2.67. The molecular formula is C8H10OSi. The second-order valence-corrected chi connectivity index (χ2v) is 2.83. The molecule has 1 aromatic carbocycles. The van der Waals surface area contributed by atoms with Crippen molar-refractivity contribution in [2.75, 3.05) is 0 Å². The van der Waals surface area contributed by atoms with Crippen molar-refractivity contribution in [2.24, 2.45) is 0 Å². The Morgan fingerprint density at radius 1 is 1.20 bits per heavy atom. The molecule has 0 aliphatic heterocycles. The average Bonchev–Trinajstić information content (AvgIpc) is 2.03. The zero-order valence-corrected chi connectivity index (χ0v) is 7.11. The molecule has 0 spiro atoms. The van der Waals surface area contributed by atoms with Gasteiger partial charge in [-0.15, -0.1) is 0 Å². The number of hydrogen-bond acceptors (Lipinski definition) is 1. The highest BCUT2D eigenvalue weighted by molar-refractivity contribution is 6.33. The molecule has 10 heavy (non-hydrogen) atoms. The van der Waals surface area contributed by atoms with Crippen LogP contribution in [0, 0.1) is 0 Å². The molecule has 0 unspecified atom stereocenters. The topological polar surface area (TPSA) is 20.2 Å². The number of hydrogen-bond donors (Lipinski definition) is 1. The number of benzene rings is 1. The molecule has 1 aromatic rings. The molecule has 0 saturated carbocycles. The highest BCUT2D eigenvalue weighted by atomic mass is 28.2. The molecule has 0 fully saturated rings. The minimum Gasteiger partial charge on any atom is -0.434 e. The highest BCUT2D eigenvalue weighted by Crippen LogP contribution is 1.99. The van der Waals surface area contributed by atoms with E-state index in [1.807, 2.05) is 42.1 Å². The van der Waals surface area contributed by atoms with E-state index in [0.29, 0.717) is 0 Å². The molecule has 0 aliphatic carbocycles. The van der Waals surface area contributed by atoms with Crippen LogP contribution in [0.15, 0.2) is 36.0 Å². The molecule has 0 saturated heterocycles. The van der Waals surface area contributed by atoms with Crippen LogP contribution in [0.2, 0.25) is 0 Å². The Morgan fingerprint density at radius 2 is 1.90 bits per heavy atom. The van der Waals surface area contributed by atoms with Crippen LogP contribution < -0.4 is 0 Å². The van der Waals surface area contributed by atoms with E-state index in [9.17, 15) is 0 Å². The summed E-state index contributed by atoms with van der Waals surface area (Å²) in [7, 11) is -0.910. The van der Waals surface area contributed by atoms with E-state index in [-0.39, 0.29) is 0 Å². The van der Waals surface area contributed by atoms with E-state index in [1.54, 1.807) is 0 Å². The Labute approximate surface area is 63.0 Å². The summed E-state index contributed by atoms with van der Waals surface area (Å²) < 4.78 is 0. The Bertz CT molecular complexity index is 206. The largest absolute Gasteiger partial charge is 0.434 e. The van der Waals surface area contributed by atoms with Gasteiger partial charge in [-0.25, -0.2) is 0 Å². The Morgan fingerprint density at radius 3 is 2.50 bits per heavy atom. The van der Waals surface area contributed by atoms with E-state index < -0.39 is 9.76 Å². The van der Waals surface area contributed by atoms with E-state index in [4.69, 9.17) is 4.80 Å². The maximum absolute atomic E-state index is 8.58. The molecule has 1 rings (SSSR count). The minimum atomic E-state index is -0.910. The summed E-state index contributed by atoms with van der Waals surface area (Å²) in [6.07, 6.45) is 1.95. The third-order valence-corrected chi connectivity index (χ3v) is 1.66. The SMILES string of the molecule is O[SiH2]/C=C\c1ccccc1. The van der Waals surface area contributed by atoms with Gasteiger partial charge in [0.1, 0.15) is 0 Å². The molecule has 0 radical (unpaired) electrons. The fraction of sp³-hybridized carbons (Fsp3) is 0. The van der Waals surface area contributed by atoms with E-state index in [1.165, 1.54) is 0 Å². The van der Waals surface area contributed by atoms with Gasteiger partial charge in [0.15, 0.2) is 9.76 Å². The third kappa shape index (κ3) is 2.17. The molecule has 0 heterocycles. The van der Waals surface area contributed by atoms with Crippen molar-refractivity contribution < 1.29 is 4.80 Å². The summed E-state index contributed by atoms with van der Waals surface area (Å²) >= 11 is 0. The fourth-order valence-electron chi connectivity index (χ4n) is 0.753. The van der Waals surface area contributed by atoms with Crippen LogP contribution in [0.5, 0.6) is 0 Å². The molecule has 1 nitrogen and oxygen atoms in total. The third-order valence-electron chi connectivity index (χ3n) is 1.22. The predicted octanol–water partition coefficient (Wildman–Crippen LogP) is 0.733. The van der Waals surface area contributed by atoms with Gasteiger partial charge < -0.3 is 4.80 Å².